The number of nitrogens with one attached hydrogen (secondary N) is 2. The fourth-order valence-corrected chi connectivity index (χ4v) is 3.84. The van der Waals surface area contributed by atoms with E-state index >= 15 is 0 Å². The van der Waals surface area contributed by atoms with Gasteiger partial charge in [0.2, 0.25) is 5.91 Å². The predicted octanol–water partition coefficient (Wildman–Crippen LogP) is 5.09. The van der Waals surface area contributed by atoms with Gasteiger partial charge in [-0.1, -0.05) is 65.3 Å². The number of carbonyl (C=O) groups excluding carboxylic acids is 2. The summed E-state index contributed by atoms with van der Waals surface area (Å²) in [5.41, 5.74) is -0.485. The molecule has 30 heavy (non-hydrogen) atoms. The lowest BCUT2D eigenvalue weighted by molar-refractivity contribution is -0.128. The van der Waals surface area contributed by atoms with Crippen LogP contribution in [0.3, 0.4) is 0 Å². The van der Waals surface area contributed by atoms with Crippen molar-refractivity contribution in [3.8, 4) is 12.3 Å². The molecule has 170 valence electrons. The Balaban J connectivity index is 5.16. The number of carbonyl (C=O) groups is 2. The Labute approximate surface area is 189 Å². The van der Waals surface area contributed by atoms with E-state index in [-0.39, 0.29) is 17.0 Å². The summed E-state index contributed by atoms with van der Waals surface area (Å²) in [5.74, 6) is 1.05. The first-order valence-electron chi connectivity index (χ1n) is 10.2. The Morgan fingerprint density at radius 3 is 2.17 bits per heavy atom. The molecule has 0 saturated heterocycles. The van der Waals surface area contributed by atoms with Gasteiger partial charge < -0.3 is 15.1 Å². The lowest BCUT2D eigenvalue weighted by Crippen LogP contribution is -2.52. The molecule has 0 spiro atoms. The molecule has 0 rings (SSSR count). The lowest BCUT2D eigenvalue weighted by atomic mass is 9.86. The van der Waals surface area contributed by atoms with Crippen LogP contribution in [0.15, 0.2) is 23.4 Å². The average molecular weight is 455 g/mol. The molecule has 2 N–H and O–H groups in total. The van der Waals surface area contributed by atoms with Crippen molar-refractivity contribution in [1.82, 2.24) is 10.6 Å². The zero-order valence-electron chi connectivity index (χ0n) is 20.0. The molecule has 0 saturated carbocycles. The fourth-order valence-electron chi connectivity index (χ4n) is 2.37. The molecule has 2 amide bonds. The maximum Gasteiger partial charge on any atom is 0.296 e. The van der Waals surface area contributed by atoms with Crippen LogP contribution in [0.4, 0.5) is 0 Å². The second-order valence-electron chi connectivity index (χ2n) is 10.1. The van der Waals surface area contributed by atoms with Gasteiger partial charge in [-0.3, -0.25) is 9.59 Å². The molecular weight excluding hydrogens is 416 g/mol. The summed E-state index contributed by atoms with van der Waals surface area (Å²) in [6, 6.07) is -0.744. The smallest absolute Gasteiger partial charge is 0.296 e. The van der Waals surface area contributed by atoms with E-state index in [1.54, 1.807) is 6.20 Å². The number of allylic oxidation sites excluding steroid dienone is 1. The van der Waals surface area contributed by atoms with Gasteiger partial charge >= 0.3 is 0 Å². The molecule has 0 aromatic heterocycles. The Kier molecular flexibility index (Phi) is 11.1. The SMILES string of the molecule is C#CC(=O)N[C@H](C(=O)N/C=C\CC(C/C=C(\C)Cl)O[Si](C)(C)C(C)(C)C)C(C)(C)C. The molecule has 0 aromatic carbocycles. The van der Waals surface area contributed by atoms with E-state index in [9.17, 15) is 9.59 Å². The molecule has 1 unspecified atom stereocenters. The molecule has 0 aliphatic rings. The van der Waals surface area contributed by atoms with E-state index in [0.29, 0.717) is 12.8 Å². The minimum absolute atomic E-state index is 0.0349. The van der Waals surface area contributed by atoms with E-state index < -0.39 is 25.7 Å². The minimum Gasteiger partial charge on any atom is -0.413 e. The molecule has 7 heteroatoms. The summed E-state index contributed by atoms with van der Waals surface area (Å²) >= 11 is 6.01. The molecule has 2 atom stereocenters. The van der Waals surface area contributed by atoms with Gasteiger partial charge in [0.25, 0.3) is 5.91 Å². The Morgan fingerprint density at radius 2 is 1.73 bits per heavy atom. The molecule has 0 heterocycles. The fraction of sp³-hybridized carbons (Fsp3) is 0.652. The van der Waals surface area contributed by atoms with Crippen LogP contribution < -0.4 is 10.6 Å². The predicted molar refractivity (Wildman–Crippen MR) is 128 cm³/mol. The van der Waals surface area contributed by atoms with Crippen molar-refractivity contribution >= 4 is 31.7 Å². The highest BCUT2D eigenvalue weighted by Gasteiger charge is 2.38. The van der Waals surface area contributed by atoms with Gasteiger partial charge in [0.1, 0.15) is 6.04 Å². The Hall–Kier alpha value is -1.55. The zero-order valence-corrected chi connectivity index (χ0v) is 21.7. The van der Waals surface area contributed by atoms with Crippen molar-refractivity contribution in [2.45, 2.75) is 91.6 Å². The van der Waals surface area contributed by atoms with Gasteiger partial charge in [0, 0.05) is 5.03 Å². The molecule has 0 bridgehead atoms. The summed E-state index contributed by atoms with van der Waals surface area (Å²) < 4.78 is 6.52. The third-order valence-corrected chi connectivity index (χ3v) is 9.90. The summed E-state index contributed by atoms with van der Waals surface area (Å²) in [6.45, 7) is 18.5. The summed E-state index contributed by atoms with van der Waals surface area (Å²) in [6.07, 6.45) is 11.8. The molecular formula is C23H39ClN2O3Si. The van der Waals surface area contributed by atoms with E-state index in [2.05, 4.69) is 44.5 Å². The summed E-state index contributed by atoms with van der Waals surface area (Å²) in [5, 5.41) is 6.14. The van der Waals surface area contributed by atoms with Gasteiger partial charge in [-0.15, -0.1) is 6.42 Å². The first-order valence-corrected chi connectivity index (χ1v) is 13.5. The van der Waals surface area contributed by atoms with Crippen molar-refractivity contribution in [2.24, 2.45) is 5.41 Å². The monoisotopic (exact) mass is 454 g/mol. The van der Waals surface area contributed by atoms with Crippen LogP contribution in [-0.2, 0) is 14.0 Å². The average Bonchev–Trinajstić information content (AvgIpc) is 2.58. The first kappa shape index (κ1) is 28.4. The highest BCUT2D eigenvalue weighted by molar-refractivity contribution is 6.74. The van der Waals surface area contributed by atoms with Crippen LogP contribution in [0.1, 0.15) is 61.3 Å². The first-order chi connectivity index (χ1) is 13.5. The number of amides is 2. The van der Waals surface area contributed by atoms with Crippen LogP contribution in [0.25, 0.3) is 0 Å². The van der Waals surface area contributed by atoms with Gasteiger partial charge in [-0.05, 0) is 55.4 Å². The number of rotatable bonds is 9. The van der Waals surface area contributed by atoms with Gasteiger partial charge in [-0.2, -0.15) is 0 Å². The number of halogens is 1. The third kappa shape index (κ3) is 10.5. The van der Waals surface area contributed by atoms with Crippen molar-refractivity contribution < 1.29 is 14.0 Å². The highest BCUT2D eigenvalue weighted by atomic mass is 35.5. The van der Waals surface area contributed by atoms with Crippen LogP contribution in [0.2, 0.25) is 18.1 Å². The molecule has 0 aromatic rings. The normalized spacial score (nSPS) is 15.4. The number of hydrogen-bond acceptors (Lipinski definition) is 3. The largest absolute Gasteiger partial charge is 0.413 e. The van der Waals surface area contributed by atoms with Gasteiger partial charge in [0.15, 0.2) is 8.32 Å². The summed E-state index contributed by atoms with van der Waals surface area (Å²) in [4.78, 5) is 24.1. The molecule has 0 aliphatic carbocycles. The third-order valence-electron chi connectivity index (χ3n) is 5.21. The quantitative estimate of drug-likeness (QED) is 0.376. The van der Waals surface area contributed by atoms with E-state index in [1.165, 1.54) is 0 Å². The Bertz CT molecular complexity index is 691. The van der Waals surface area contributed by atoms with Crippen LogP contribution in [0, 0.1) is 17.8 Å². The highest BCUT2D eigenvalue weighted by Crippen LogP contribution is 2.38. The molecule has 0 fully saturated rings. The van der Waals surface area contributed by atoms with Gasteiger partial charge in [-0.25, -0.2) is 0 Å². The standard InChI is InChI=1S/C23H39ClN2O3Si/c1-11-19(27)26-20(22(3,4)5)21(28)25-16-12-13-18(15-14-17(2)24)29-30(9,10)23(6,7)8/h1,12,14,16,18,20H,13,15H2,2-10H3,(H,25,28)(H,26,27)/b16-12-,17-14+/t18?,20-/m1/s1. The Morgan fingerprint density at radius 1 is 1.17 bits per heavy atom. The van der Waals surface area contributed by atoms with Crippen LogP contribution in [-0.4, -0.2) is 32.3 Å². The van der Waals surface area contributed by atoms with Crippen molar-refractivity contribution in [1.29, 1.82) is 0 Å². The van der Waals surface area contributed by atoms with Crippen molar-refractivity contribution in [3.63, 3.8) is 0 Å². The summed E-state index contributed by atoms with van der Waals surface area (Å²) in [7, 11) is -1.95. The zero-order chi connectivity index (χ0) is 23.8. The van der Waals surface area contributed by atoms with Crippen molar-refractivity contribution in [2.75, 3.05) is 0 Å². The minimum atomic E-state index is -1.95. The van der Waals surface area contributed by atoms with Crippen LogP contribution in [0.5, 0.6) is 0 Å². The molecule has 5 nitrogen and oxygen atoms in total. The maximum atomic E-state index is 12.6. The number of hydrogen-bond donors (Lipinski definition) is 2. The maximum absolute atomic E-state index is 12.6. The topological polar surface area (TPSA) is 67.4 Å². The molecule has 0 radical (unpaired) electrons. The number of terminal acetylenes is 1. The van der Waals surface area contributed by atoms with Gasteiger partial charge in [0.05, 0.1) is 6.10 Å². The van der Waals surface area contributed by atoms with E-state index in [0.717, 1.165) is 5.03 Å². The molecule has 0 aliphatic heterocycles. The van der Waals surface area contributed by atoms with Crippen molar-refractivity contribution in [3.05, 3.63) is 23.4 Å². The van der Waals surface area contributed by atoms with E-state index in [1.807, 2.05) is 45.8 Å². The van der Waals surface area contributed by atoms with E-state index in [4.69, 9.17) is 22.5 Å². The second kappa shape index (κ2) is 11.7. The van der Waals surface area contributed by atoms with Crippen LogP contribution >= 0.6 is 11.6 Å². The second-order valence-corrected chi connectivity index (χ2v) is 15.4. The lowest BCUT2D eigenvalue weighted by Gasteiger charge is -2.39.